The highest BCUT2D eigenvalue weighted by Gasteiger charge is 2.49. The molecule has 0 saturated carbocycles. The van der Waals surface area contributed by atoms with Gasteiger partial charge in [-0.15, -0.1) is 0 Å². The van der Waals surface area contributed by atoms with Crippen molar-refractivity contribution in [2.75, 3.05) is 44.8 Å². The van der Waals surface area contributed by atoms with Crippen molar-refractivity contribution in [3.63, 3.8) is 0 Å². The molecule has 0 atom stereocenters. The fourth-order valence-electron chi connectivity index (χ4n) is 4.74. The zero-order valence-corrected chi connectivity index (χ0v) is 19.9. The highest BCUT2D eigenvalue weighted by Crippen LogP contribution is 2.45. The minimum absolute atomic E-state index is 0.0391. The van der Waals surface area contributed by atoms with Gasteiger partial charge in [0, 0.05) is 17.3 Å². The first-order valence-electron chi connectivity index (χ1n) is 11.0. The van der Waals surface area contributed by atoms with Crippen LogP contribution in [0, 0.1) is 0 Å². The van der Waals surface area contributed by atoms with Crippen LogP contribution in [-0.2, 0) is 24.8 Å². The highest BCUT2D eigenvalue weighted by molar-refractivity contribution is 7.92. The number of ether oxygens (including phenoxy) is 2. The maximum atomic E-state index is 12.8. The van der Waals surface area contributed by atoms with Gasteiger partial charge >= 0.3 is 0 Å². The van der Waals surface area contributed by atoms with E-state index in [4.69, 9.17) is 21.1 Å². The van der Waals surface area contributed by atoms with Crippen molar-refractivity contribution < 1.29 is 22.7 Å². The fraction of sp³-hybridized carbons (Fsp3) is 0.478. The zero-order chi connectivity index (χ0) is 23.3. The number of nitrogens with zero attached hydrogens (tertiary/aromatic N) is 2. The summed E-state index contributed by atoms with van der Waals surface area (Å²) in [6.45, 7) is 4.75. The van der Waals surface area contributed by atoms with Gasteiger partial charge in [0.25, 0.3) is 0 Å². The van der Waals surface area contributed by atoms with E-state index < -0.39 is 20.0 Å². The lowest BCUT2D eigenvalue weighted by Crippen LogP contribution is -2.53. The molecule has 1 N–H and O–H groups in total. The summed E-state index contributed by atoms with van der Waals surface area (Å²) in [7, 11) is -3.54. The number of pyridine rings is 1. The quantitative estimate of drug-likeness (QED) is 0.663. The Morgan fingerprint density at radius 1 is 1.21 bits per heavy atom. The van der Waals surface area contributed by atoms with Crippen molar-refractivity contribution in [1.82, 2.24) is 9.88 Å². The summed E-state index contributed by atoms with van der Waals surface area (Å²) >= 11 is 6.19. The Balaban J connectivity index is 1.15. The van der Waals surface area contributed by atoms with Crippen molar-refractivity contribution in [3.05, 3.63) is 47.1 Å². The third-order valence-corrected chi connectivity index (χ3v) is 9.57. The number of anilines is 1. The van der Waals surface area contributed by atoms with Crippen LogP contribution in [0.25, 0.3) is 0 Å². The van der Waals surface area contributed by atoms with Crippen LogP contribution in [0.5, 0.6) is 5.75 Å². The van der Waals surface area contributed by atoms with Gasteiger partial charge in [-0.1, -0.05) is 11.6 Å². The molecule has 0 aliphatic carbocycles. The third kappa shape index (κ3) is 3.80. The van der Waals surface area contributed by atoms with Crippen LogP contribution in [0.15, 0.2) is 41.6 Å². The summed E-state index contributed by atoms with van der Waals surface area (Å²) in [6.07, 6.45) is 2.90. The average Bonchev–Trinajstić information content (AvgIpc) is 3.04. The van der Waals surface area contributed by atoms with Gasteiger partial charge in [0.1, 0.15) is 17.1 Å². The highest BCUT2D eigenvalue weighted by atomic mass is 35.5. The molecule has 0 bridgehead atoms. The van der Waals surface area contributed by atoms with Gasteiger partial charge in [-0.2, -0.15) is 0 Å². The molecule has 3 aliphatic rings. The standard InChI is InChI=1S/C23H26ClN3O5S/c1-22(14-31-15-22)33(29,30)20-5-3-17(13-25-20)32-11-10-27-8-6-23(7-9-27)18-12-16(24)2-4-19(18)26-21(23)28/h2-5,12-13H,6-11,14-15H2,1H3,(H,26,28). The van der Waals surface area contributed by atoms with Gasteiger partial charge in [0.2, 0.25) is 15.7 Å². The Morgan fingerprint density at radius 2 is 1.97 bits per heavy atom. The van der Waals surface area contributed by atoms with E-state index in [0.29, 0.717) is 23.9 Å². The number of hydrogen-bond acceptors (Lipinski definition) is 7. The minimum Gasteiger partial charge on any atom is -0.491 e. The monoisotopic (exact) mass is 491 g/mol. The van der Waals surface area contributed by atoms with Crippen molar-refractivity contribution >= 4 is 33.0 Å². The van der Waals surface area contributed by atoms with Crippen LogP contribution >= 0.6 is 11.6 Å². The van der Waals surface area contributed by atoms with E-state index in [0.717, 1.165) is 37.2 Å². The number of aromatic nitrogens is 1. The van der Waals surface area contributed by atoms with Gasteiger partial charge in [-0.05, 0) is 68.8 Å². The molecule has 176 valence electrons. The molecule has 8 nitrogen and oxygen atoms in total. The lowest BCUT2D eigenvalue weighted by atomic mass is 9.73. The predicted molar refractivity (Wildman–Crippen MR) is 124 cm³/mol. The Labute approximate surface area is 198 Å². The number of sulfone groups is 1. The first kappa shape index (κ1) is 22.6. The van der Waals surface area contributed by atoms with Crippen LogP contribution in [0.1, 0.15) is 25.3 Å². The summed E-state index contributed by atoms with van der Waals surface area (Å²) in [5.74, 6) is 0.579. The van der Waals surface area contributed by atoms with Gasteiger partial charge in [0.05, 0.1) is 24.8 Å². The molecule has 2 fully saturated rings. The summed E-state index contributed by atoms with van der Waals surface area (Å²) in [5, 5.41) is 3.68. The molecule has 5 rings (SSSR count). The van der Waals surface area contributed by atoms with Gasteiger partial charge in [-0.25, -0.2) is 13.4 Å². The summed E-state index contributed by atoms with van der Waals surface area (Å²) < 4.78 is 35.3. The molecule has 1 spiro atoms. The van der Waals surface area contributed by atoms with Gasteiger partial charge in [0.15, 0.2) is 5.03 Å². The Kier molecular flexibility index (Phi) is 5.63. The first-order chi connectivity index (χ1) is 15.7. The molecule has 0 unspecified atom stereocenters. The largest absolute Gasteiger partial charge is 0.491 e. The van der Waals surface area contributed by atoms with E-state index in [-0.39, 0.29) is 24.1 Å². The van der Waals surface area contributed by atoms with E-state index in [9.17, 15) is 13.2 Å². The Morgan fingerprint density at radius 3 is 2.61 bits per heavy atom. The van der Waals surface area contributed by atoms with Crippen LogP contribution in [-0.4, -0.2) is 68.4 Å². The molecule has 1 aromatic heterocycles. The molecule has 3 aliphatic heterocycles. The average molecular weight is 492 g/mol. The Bertz CT molecular complexity index is 1170. The summed E-state index contributed by atoms with van der Waals surface area (Å²) in [4.78, 5) is 19.1. The molecule has 4 heterocycles. The van der Waals surface area contributed by atoms with Crippen LogP contribution in [0.2, 0.25) is 5.02 Å². The number of nitrogens with one attached hydrogen (secondary N) is 1. The zero-order valence-electron chi connectivity index (χ0n) is 18.3. The molecule has 1 amide bonds. The minimum atomic E-state index is -3.54. The van der Waals surface area contributed by atoms with Crippen LogP contribution in [0.3, 0.4) is 0 Å². The smallest absolute Gasteiger partial charge is 0.235 e. The van der Waals surface area contributed by atoms with Crippen LogP contribution < -0.4 is 10.1 Å². The van der Waals surface area contributed by atoms with Gasteiger partial charge in [-0.3, -0.25) is 9.69 Å². The number of hydrogen-bond donors (Lipinski definition) is 1. The molecule has 2 saturated heterocycles. The third-order valence-electron chi connectivity index (χ3n) is 7.01. The number of carbonyl (C=O) groups is 1. The van der Waals surface area contributed by atoms with Crippen molar-refractivity contribution in [3.8, 4) is 5.75 Å². The van der Waals surface area contributed by atoms with E-state index >= 15 is 0 Å². The normalized spacial score (nSPS) is 21.3. The predicted octanol–water partition coefficient (Wildman–Crippen LogP) is 2.66. The SMILES string of the molecule is CC1(S(=O)(=O)c2ccc(OCCN3CCC4(CC3)C(=O)Nc3ccc(Cl)cc34)cn2)COC1. The van der Waals surface area contributed by atoms with Crippen molar-refractivity contribution in [2.45, 2.75) is 35.0 Å². The number of halogens is 1. The topological polar surface area (TPSA) is 97.8 Å². The number of amides is 1. The maximum Gasteiger partial charge on any atom is 0.235 e. The molecule has 33 heavy (non-hydrogen) atoms. The van der Waals surface area contributed by atoms with E-state index in [1.807, 2.05) is 12.1 Å². The Hall–Kier alpha value is -2.20. The van der Waals surface area contributed by atoms with E-state index in [1.165, 1.54) is 12.3 Å². The second kappa shape index (κ2) is 8.23. The van der Waals surface area contributed by atoms with E-state index in [1.54, 1.807) is 19.1 Å². The molecule has 1 aromatic carbocycles. The molecular formula is C23H26ClN3O5S. The van der Waals surface area contributed by atoms with Crippen molar-refractivity contribution in [1.29, 1.82) is 0 Å². The lowest BCUT2D eigenvalue weighted by Gasteiger charge is -2.38. The number of carbonyl (C=O) groups excluding carboxylic acids is 1. The van der Waals surface area contributed by atoms with Crippen LogP contribution in [0.4, 0.5) is 5.69 Å². The molecule has 2 aromatic rings. The van der Waals surface area contributed by atoms with E-state index in [2.05, 4.69) is 15.2 Å². The summed E-state index contributed by atoms with van der Waals surface area (Å²) in [6, 6.07) is 8.70. The van der Waals surface area contributed by atoms with Crippen molar-refractivity contribution in [2.24, 2.45) is 0 Å². The number of piperidine rings is 1. The lowest BCUT2D eigenvalue weighted by molar-refractivity contribution is -0.122. The van der Waals surface area contributed by atoms with Gasteiger partial charge < -0.3 is 14.8 Å². The second-order valence-electron chi connectivity index (χ2n) is 9.19. The molecule has 10 heteroatoms. The number of fused-ring (bicyclic) bond motifs is 2. The fourth-order valence-corrected chi connectivity index (χ4v) is 6.33. The maximum absolute atomic E-state index is 12.8. The number of benzene rings is 1. The first-order valence-corrected chi connectivity index (χ1v) is 12.8. The molecular weight excluding hydrogens is 466 g/mol. The molecule has 0 radical (unpaired) electrons. The second-order valence-corrected chi connectivity index (χ2v) is 12.0. The summed E-state index contributed by atoms with van der Waals surface area (Å²) in [5.41, 5.74) is 1.35. The number of likely N-dealkylation sites (tertiary alicyclic amines) is 1. The number of rotatable bonds is 6.